The van der Waals surface area contributed by atoms with Crippen LogP contribution >= 0.6 is 0 Å². The predicted octanol–water partition coefficient (Wildman–Crippen LogP) is 7.27. The number of nitrogens with zero attached hydrogens (tertiary/aromatic N) is 3. The van der Waals surface area contributed by atoms with Crippen LogP contribution in [0.25, 0.3) is 0 Å². The number of aliphatic imine (C=N–C) groups is 1. The van der Waals surface area contributed by atoms with Gasteiger partial charge in [-0.15, -0.1) is 0 Å². The number of nitrogens with one attached hydrogen (secondary N) is 5. The molecule has 1 saturated heterocycles. The van der Waals surface area contributed by atoms with E-state index < -0.39 is 0 Å². The molecule has 1 aliphatic carbocycles. The van der Waals surface area contributed by atoms with Crippen LogP contribution in [0.1, 0.15) is 88.1 Å². The first-order valence-corrected chi connectivity index (χ1v) is 16.9. The summed E-state index contributed by atoms with van der Waals surface area (Å²) in [6.07, 6.45) is 5.97. The van der Waals surface area contributed by atoms with Crippen LogP contribution in [0, 0.1) is 34.5 Å². The Kier molecular flexibility index (Phi) is 10.9. The Hall–Kier alpha value is -4.57. The van der Waals surface area contributed by atoms with E-state index in [0.29, 0.717) is 48.3 Å². The average Bonchev–Trinajstić information content (AvgIpc) is 3.03. The molecule has 10 heteroatoms. The first-order valence-electron chi connectivity index (χ1n) is 16.9. The van der Waals surface area contributed by atoms with Gasteiger partial charge in [0.05, 0.1) is 17.9 Å². The van der Waals surface area contributed by atoms with Crippen LogP contribution in [-0.2, 0) is 0 Å². The minimum absolute atomic E-state index is 0.230. The zero-order chi connectivity index (χ0) is 34.4. The van der Waals surface area contributed by atoms with E-state index in [9.17, 15) is 4.79 Å². The third-order valence-electron chi connectivity index (χ3n) is 9.24. The van der Waals surface area contributed by atoms with Crippen LogP contribution in [0.4, 0.5) is 10.5 Å². The monoisotopic (exact) mass is 650 g/mol. The van der Waals surface area contributed by atoms with E-state index in [2.05, 4.69) is 22.6 Å². The lowest BCUT2D eigenvalue weighted by molar-refractivity contribution is 0.171. The number of amides is 2. The number of likely N-dealkylation sites (tertiary alicyclic amines) is 1. The van der Waals surface area contributed by atoms with Crippen molar-refractivity contribution in [3.05, 3.63) is 89.0 Å². The van der Waals surface area contributed by atoms with E-state index in [1.165, 1.54) is 0 Å². The number of carbonyl (C=O) groups is 1. The van der Waals surface area contributed by atoms with E-state index in [4.69, 9.17) is 26.0 Å². The number of carbonyl (C=O) groups excluding carboxylic acids is 1. The summed E-state index contributed by atoms with van der Waals surface area (Å²) in [5.74, 6) is 1.86. The molecule has 10 nitrogen and oxygen atoms in total. The number of hydrogen-bond acceptors (Lipinski definition) is 7. The molecule has 5 N–H and O–H groups in total. The van der Waals surface area contributed by atoms with E-state index in [1.807, 2.05) is 76.2 Å². The minimum atomic E-state index is -0.364. The van der Waals surface area contributed by atoms with Gasteiger partial charge < -0.3 is 20.4 Å². The van der Waals surface area contributed by atoms with E-state index in [0.717, 1.165) is 48.3 Å². The number of amidine groups is 1. The number of benzene rings is 2. The van der Waals surface area contributed by atoms with E-state index in [-0.39, 0.29) is 35.5 Å². The molecule has 0 bridgehead atoms. The smallest absolute Gasteiger partial charge is 0.320 e. The number of urea groups is 1. The molecule has 2 heterocycles. The Balaban J connectivity index is 1.28. The Morgan fingerprint density at radius 1 is 1.00 bits per heavy atom. The van der Waals surface area contributed by atoms with Gasteiger partial charge in [0.15, 0.2) is 0 Å². The molecule has 48 heavy (non-hydrogen) atoms. The number of aromatic nitrogens is 1. The normalized spacial score (nSPS) is 20.0. The Labute approximate surface area is 284 Å². The van der Waals surface area contributed by atoms with Gasteiger partial charge in [-0.1, -0.05) is 62.7 Å². The van der Waals surface area contributed by atoms with Gasteiger partial charge in [-0.25, -0.2) is 9.79 Å². The second kappa shape index (κ2) is 15.1. The maximum absolute atomic E-state index is 13.4. The second-order valence-corrected chi connectivity index (χ2v) is 14.3. The molecule has 254 valence electrons. The number of piperidine rings is 1. The van der Waals surface area contributed by atoms with Crippen molar-refractivity contribution in [2.75, 3.05) is 20.1 Å². The van der Waals surface area contributed by atoms with Crippen molar-refractivity contribution < 1.29 is 9.53 Å². The second-order valence-electron chi connectivity index (χ2n) is 14.3. The summed E-state index contributed by atoms with van der Waals surface area (Å²) in [4.78, 5) is 20.4. The molecule has 0 spiro atoms. The summed E-state index contributed by atoms with van der Waals surface area (Å²) in [6, 6.07) is 18.7. The van der Waals surface area contributed by atoms with Gasteiger partial charge in [0.2, 0.25) is 0 Å². The van der Waals surface area contributed by atoms with Crippen LogP contribution in [-0.4, -0.2) is 53.0 Å². The summed E-state index contributed by atoms with van der Waals surface area (Å²) in [5, 5.41) is 32.0. The Morgan fingerprint density at radius 3 is 2.44 bits per heavy atom. The maximum atomic E-state index is 13.4. The molecular weight excluding hydrogens is 600 g/mol. The molecule has 5 rings (SSSR count). The van der Waals surface area contributed by atoms with Gasteiger partial charge in [0, 0.05) is 25.1 Å². The maximum Gasteiger partial charge on any atom is 0.320 e. The van der Waals surface area contributed by atoms with Gasteiger partial charge in [-0.05, 0) is 92.9 Å². The lowest BCUT2D eigenvalue weighted by atomic mass is 9.85. The van der Waals surface area contributed by atoms with Crippen molar-refractivity contribution in [3.8, 4) is 5.75 Å². The molecule has 3 atom stereocenters. The van der Waals surface area contributed by atoms with Gasteiger partial charge in [0.1, 0.15) is 29.0 Å². The SMILES string of the molecule is Cc1ccc(N=C(CC(=N)C(C)(C)C)NC(=O)NC2CCC(Oc3ccc(=N)n(C(=N)CC4CCCN(C)C4)c3)c3ccccc32)cc1. The largest absolute Gasteiger partial charge is 0.484 e. The zero-order valence-electron chi connectivity index (χ0n) is 28.9. The first-order chi connectivity index (χ1) is 22.9. The summed E-state index contributed by atoms with van der Waals surface area (Å²) in [6.45, 7) is 10.0. The van der Waals surface area contributed by atoms with Crippen molar-refractivity contribution in [3.63, 3.8) is 0 Å². The first kappa shape index (κ1) is 34.8. The number of hydrogen-bond donors (Lipinski definition) is 5. The van der Waals surface area contributed by atoms with Crippen molar-refractivity contribution in [2.45, 2.75) is 78.4 Å². The standard InChI is InChI=1S/C38H50N8O2/c1-25-12-14-27(15-13-25)42-36(22-33(39)38(2,3)4)44-37(47)43-31-17-18-32(30-11-7-6-10-29(30)31)48-28-16-19-34(40)46(24-28)35(41)21-26-9-8-20-45(5)23-26/h6-7,10-16,19,24,26,31-32,39-41H,8-9,17-18,20-23H2,1-5H3,(H2,42,43,44,47). The van der Waals surface area contributed by atoms with Gasteiger partial charge in [-0.2, -0.15) is 0 Å². The van der Waals surface area contributed by atoms with Crippen LogP contribution in [0.2, 0.25) is 0 Å². The van der Waals surface area contributed by atoms with Crippen molar-refractivity contribution in [2.24, 2.45) is 16.3 Å². The summed E-state index contributed by atoms with van der Waals surface area (Å²) in [7, 11) is 2.13. The third kappa shape index (κ3) is 9.07. The van der Waals surface area contributed by atoms with Gasteiger partial charge in [0.25, 0.3) is 0 Å². The van der Waals surface area contributed by atoms with E-state index >= 15 is 0 Å². The Bertz CT molecular complexity index is 1720. The molecule has 2 aliphatic rings. The lowest BCUT2D eigenvalue weighted by Gasteiger charge is -2.32. The van der Waals surface area contributed by atoms with Gasteiger partial charge >= 0.3 is 6.03 Å². The number of pyridine rings is 1. The van der Waals surface area contributed by atoms with Crippen LogP contribution in [0.15, 0.2) is 71.9 Å². The molecule has 0 saturated carbocycles. The van der Waals surface area contributed by atoms with Gasteiger partial charge in [-0.3, -0.25) is 20.7 Å². The highest BCUT2D eigenvalue weighted by atomic mass is 16.5. The lowest BCUT2D eigenvalue weighted by Crippen LogP contribution is -2.43. The minimum Gasteiger partial charge on any atom is -0.484 e. The highest BCUT2D eigenvalue weighted by Crippen LogP contribution is 2.38. The topological polar surface area (TPSA) is 142 Å². The fraction of sp³-hybridized carbons (Fsp3) is 0.447. The fourth-order valence-electron chi connectivity index (χ4n) is 6.42. The van der Waals surface area contributed by atoms with Crippen LogP contribution in [0.3, 0.4) is 0 Å². The number of rotatable bonds is 8. The van der Waals surface area contributed by atoms with Crippen LogP contribution in [0.5, 0.6) is 5.75 Å². The molecule has 3 aromatic rings. The number of fused-ring (bicyclic) bond motifs is 1. The van der Waals surface area contributed by atoms with E-state index in [1.54, 1.807) is 22.9 Å². The zero-order valence-corrected chi connectivity index (χ0v) is 28.9. The number of aryl methyl sites for hydroxylation is 1. The molecular formula is C38H50N8O2. The molecule has 3 unspecified atom stereocenters. The summed E-state index contributed by atoms with van der Waals surface area (Å²) in [5.41, 5.74) is 4.22. The molecule has 2 aromatic carbocycles. The molecule has 2 amide bonds. The van der Waals surface area contributed by atoms with Crippen LogP contribution < -0.4 is 20.9 Å². The summed E-state index contributed by atoms with van der Waals surface area (Å²) < 4.78 is 8.15. The Morgan fingerprint density at radius 2 is 1.73 bits per heavy atom. The highest BCUT2D eigenvalue weighted by Gasteiger charge is 2.30. The highest BCUT2D eigenvalue weighted by molar-refractivity contribution is 6.09. The summed E-state index contributed by atoms with van der Waals surface area (Å²) >= 11 is 0. The molecule has 0 radical (unpaired) electrons. The van der Waals surface area contributed by atoms with Crippen molar-refractivity contribution in [1.29, 1.82) is 16.2 Å². The quantitative estimate of drug-likeness (QED) is 0.129. The number of ether oxygens (including phenoxy) is 1. The van der Waals surface area contributed by atoms with Crippen molar-refractivity contribution >= 4 is 29.1 Å². The fourth-order valence-corrected chi connectivity index (χ4v) is 6.42. The average molecular weight is 651 g/mol. The molecule has 1 aromatic heterocycles. The molecule has 1 aliphatic heterocycles. The third-order valence-corrected chi connectivity index (χ3v) is 9.24. The van der Waals surface area contributed by atoms with Crippen molar-refractivity contribution in [1.82, 2.24) is 20.1 Å². The predicted molar refractivity (Wildman–Crippen MR) is 192 cm³/mol. The molecule has 1 fully saturated rings.